The van der Waals surface area contributed by atoms with Crippen LogP contribution in [0, 0.1) is 19.7 Å². The van der Waals surface area contributed by atoms with Gasteiger partial charge in [0.05, 0.1) is 37.1 Å². The highest BCUT2D eigenvalue weighted by Gasteiger charge is 2.50. The quantitative estimate of drug-likeness (QED) is 0.0895. The standard InChI is InChI=1S/C39H35ClFN9O5.C7H12FN/c1-22-42-12-10-25(45-22)6-8-31(51)50-15-14-49(19-39(50)20-54-21-39)37-29-18-44-35(34(41)36(29)47-38(48-37)53-3)28-16-27(17-30(40)33(28)24-4-5-24)55-32(52)9-7-26-11-13-43-23(2)46-26;8-6-4-7-2-1-3-9(7)5-6/h6-13,16-18,24H,4-5,14-15,19-21H2,1-3H3;6-7H,1-5H2/b8-6+,9-7+;/t;6-,7?/m.1/s1. The summed E-state index contributed by atoms with van der Waals surface area (Å²) in [7, 11) is 1.41. The highest BCUT2D eigenvalue weighted by atomic mass is 35.5. The summed E-state index contributed by atoms with van der Waals surface area (Å²) in [6.45, 7) is 7.18. The topological polar surface area (TPSA) is 162 Å². The summed E-state index contributed by atoms with van der Waals surface area (Å²) in [5.74, 6) is 0.268. The van der Waals surface area contributed by atoms with E-state index in [1.54, 1.807) is 56.6 Å². The summed E-state index contributed by atoms with van der Waals surface area (Å²) in [5.41, 5.74) is 1.65. The van der Waals surface area contributed by atoms with Crippen molar-refractivity contribution in [1.29, 1.82) is 0 Å². The predicted molar refractivity (Wildman–Crippen MR) is 235 cm³/mol. The van der Waals surface area contributed by atoms with Crippen LogP contribution in [0.15, 0.2) is 55.0 Å². The van der Waals surface area contributed by atoms with Crippen molar-refractivity contribution < 1.29 is 32.6 Å². The molecule has 5 aromatic rings. The van der Waals surface area contributed by atoms with Gasteiger partial charge in [0.1, 0.15) is 46.1 Å². The maximum Gasteiger partial charge on any atom is 0.336 e. The molecule has 4 aliphatic heterocycles. The van der Waals surface area contributed by atoms with Crippen LogP contribution in [0.3, 0.4) is 0 Å². The molecule has 8 heterocycles. The van der Waals surface area contributed by atoms with Gasteiger partial charge in [-0.05, 0) is 100 Å². The molecule has 4 saturated heterocycles. The lowest BCUT2D eigenvalue weighted by atomic mass is 9.91. The molecule has 1 aliphatic carbocycles. The number of hydrogen-bond acceptors (Lipinski definition) is 14. The number of carbonyl (C=O) groups is 2. The number of anilines is 1. The minimum absolute atomic E-state index is 0.00199. The number of pyridine rings is 1. The Balaban J connectivity index is 0.000000509. The fourth-order valence-electron chi connectivity index (χ4n) is 8.98. The fourth-order valence-corrected chi connectivity index (χ4v) is 9.34. The minimum Gasteiger partial charge on any atom is -0.467 e. The number of piperazine rings is 1. The molecule has 1 amide bonds. The molecule has 15 nitrogen and oxygen atoms in total. The van der Waals surface area contributed by atoms with Crippen LogP contribution in [-0.2, 0) is 14.3 Å². The van der Waals surface area contributed by atoms with E-state index in [-0.39, 0.29) is 34.8 Å². The van der Waals surface area contributed by atoms with Crippen molar-refractivity contribution in [2.24, 2.45) is 0 Å². The summed E-state index contributed by atoms with van der Waals surface area (Å²) in [5, 5.41) is 0.700. The molecule has 0 radical (unpaired) electrons. The summed E-state index contributed by atoms with van der Waals surface area (Å²) >= 11 is 6.80. The molecule has 4 aromatic heterocycles. The molecular weight excluding hydrogens is 846 g/mol. The van der Waals surface area contributed by atoms with Crippen LogP contribution in [0.5, 0.6) is 11.8 Å². The van der Waals surface area contributed by atoms with Gasteiger partial charge in [-0.15, -0.1) is 0 Å². The van der Waals surface area contributed by atoms with E-state index in [2.05, 4.69) is 39.8 Å². The summed E-state index contributed by atoms with van der Waals surface area (Å²) in [6.07, 6.45) is 15.3. The molecule has 0 bridgehead atoms. The van der Waals surface area contributed by atoms with Crippen LogP contribution in [0.4, 0.5) is 14.6 Å². The lowest BCUT2D eigenvalue weighted by molar-refractivity contribution is -0.164. The third-order valence-electron chi connectivity index (χ3n) is 12.2. The number of rotatable bonds is 9. The maximum atomic E-state index is 16.9. The Morgan fingerprint density at radius 1 is 0.938 bits per heavy atom. The summed E-state index contributed by atoms with van der Waals surface area (Å²) < 4.78 is 46.2. The van der Waals surface area contributed by atoms with Crippen molar-refractivity contribution in [2.45, 2.75) is 69.6 Å². The molecule has 332 valence electrons. The lowest BCUT2D eigenvalue weighted by Crippen LogP contribution is -2.72. The molecular formula is C46H47ClF2N10O5. The van der Waals surface area contributed by atoms with E-state index >= 15 is 4.39 Å². The van der Waals surface area contributed by atoms with E-state index in [9.17, 15) is 14.0 Å². The zero-order chi connectivity index (χ0) is 44.5. The van der Waals surface area contributed by atoms with Gasteiger partial charge >= 0.3 is 12.0 Å². The van der Waals surface area contributed by atoms with Gasteiger partial charge in [-0.2, -0.15) is 9.97 Å². The number of methoxy groups -OCH3 is 1. The number of benzene rings is 1. The van der Waals surface area contributed by atoms with Crippen molar-refractivity contribution in [1.82, 2.24) is 44.7 Å². The number of carbonyl (C=O) groups excluding carboxylic acids is 2. The van der Waals surface area contributed by atoms with Gasteiger partial charge in [0, 0.05) is 73.5 Å². The van der Waals surface area contributed by atoms with Crippen LogP contribution in [0.25, 0.3) is 34.3 Å². The highest BCUT2D eigenvalue weighted by molar-refractivity contribution is 6.32. The molecule has 1 aromatic carbocycles. The fraction of sp³-hybridized carbons (Fsp3) is 0.413. The molecule has 18 heteroatoms. The summed E-state index contributed by atoms with van der Waals surface area (Å²) in [6, 6.07) is 7.11. The third kappa shape index (κ3) is 9.14. The predicted octanol–water partition coefficient (Wildman–Crippen LogP) is 6.51. The first-order chi connectivity index (χ1) is 31.0. The highest BCUT2D eigenvalue weighted by Crippen LogP contribution is 2.49. The van der Waals surface area contributed by atoms with Crippen molar-refractivity contribution in [3.8, 4) is 23.0 Å². The van der Waals surface area contributed by atoms with Gasteiger partial charge in [-0.3, -0.25) is 14.7 Å². The van der Waals surface area contributed by atoms with Crippen LogP contribution in [0.2, 0.25) is 5.02 Å². The van der Waals surface area contributed by atoms with E-state index in [1.807, 2.05) is 9.80 Å². The number of halogens is 3. The number of aryl methyl sites for hydroxylation is 2. The second-order valence-electron chi connectivity index (χ2n) is 16.8. The Bertz CT molecular complexity index is 2650. The molecule has 5 aliphatic rings. The number of ether oxygens (including phenoxy) is 3. The normalized spacial score (nSPS) is 20.4. The van der Waals surface area contributed by atoms with Crippen LogP contribution >= 0.6 is 11.6 Å². The molecule has 5 fully saturated rings. The first-order valence-electron chi connectivity index (χ1n) is 21.4. The molecule has 2 atom stereocenters. The molecule has 1 saturated carbocycles. The first kappa shape index (κ1) is 43.2. The SMILES string of the molecule is COc1nc(N2CCN(C(=O)/C=C/c3ccnc(C)n3)C3(COC3)C2)c2cnc(-c3cc(OC(=O)/C=C/c4ccnc(C)n4)cc(Cl)c3C3CC3)c(F)c2n1.F[C@@H]1CC2CCCN2C1. The van der Waals surface area contributed by atoms with Gasteiger partial charge in [-0.1, -0.05) is 11.6 Å². The maximum absolute atomic E-state index is 16.9. The number of nitrogens with zero attached hydrogens (tertiary/aromatic N) is 10. The number of alkyl halides is 1. The largest absolute Gasteiger partial charge is 0.467 e. The number of amides is 1. The van der Waals surface area contributed by atoms with Crippen LogP contribution in [-0.4, -0.2) is 127 Å². The number of fused-ring (bicyclic) bond motifs is 2. The van der Waals surface area contributed by atoms with Crippen molar-refractivity contribution in [3.63, 3.8) is 0 Å². The van der Waals surface area contributed by atoms with Gasteiger partial charge in [0.25, 0.3) is 0 Å². The van der Waals surface area contributed by atoms with Crippen LogP contribution in [0.1, 0.15) is 66.6 Å². The van der Waals surface area contributed by atoms with Gasteiger partial charge < -0.3 is 24.0 Å². The van der Waals surface area contributed by atoms with E-state index < -0.39 is 23.5 Å². The Labute approximate surface area is 373 Å². The Morgan fingerprint density at radius 3 is 2.33 bits per heavy atom. The average Bonchev–Trinajstić information content (AvgIpc) is 3.91. The Hall–Kier alpha value is -6.04. The smallest absolute Gasteiger partial charge is 0.336 e. The Morgan fingerprint density at radius 2 is 1.67 bits per heavy atom. The zero-order valence-electron chi connectivity index (χ0n) is 35.7. The van der Waals surface area contributed by atoms with E-state index in [0.29, 0.717) is 90.3 Å². The molecule has 10 rings (SSSR count). The van der Waals surface area contributed by atoms with E-state index in [0.717, 1.165) is 31.4 Å². The molecule has 0 N–H and O–H groups in total. The van der Waals surface area contributed by atoms with E-state index in [4.69, 9.17) is 25.8 Å². The molecule has 64 heavy (non-hydrogen) atoms. The second-order valence-corrected chi connectivity index (χ2v) is 17.2. The van der Waals surface area contributed by atoms with E-state index in [1.165, 1.54) is 44.4 Å². The van der Waals surface area contributed by atoms with Gasteiger partial charge in [0.15, 0.2) is 5.82 Å². The second kappa shape index (κ2) is 18.2. The summed E-state index contributed by atoms with van der Waals surface area (Å²) in [4.78, 5) is 62.9. The minimum atomic E-state index is -0.708. The number of hydrogen-bond donors (Lipinski definition) is 0. The van der Waals surface area contributed by atoms with Crippen LogP contribution < -0.4 is 14.4 Å². The lowest BCUT2D eigenvalue weighted by Gasteiger charge is -2.55. The van der Waals surface area contributed by atoms with Crippen molar-refractivity contribution in [3.05, 3.63) is 94.4 Å². The molecule has 1 unspecified atom stereocenters. The third-order valence-corrected chi connectivity index (χ3v) is 12.5. The zero-order valence-corrected chi connectivity index (χ0v) is 36.5. The van der Waals surface area contributed by atoms with Gasteiger partial charge in [-0.25, -0.2) is 33.5 Å². The first-order valence-corrected chi connectivity index (χ1v) is 21.8. The number of esters is 1. The monoisotopic (exact) mass is 892 g/mol. The molecule has 1 spiro atoms. The van der Waals surface area contributed by atoms with Crippen molar-refractivity contribution >= 4 is 52.4 Å². The van der Waals surface area contributed by atoms with Gasteiger partial charge in [0.2, 0.25) is 5.91 Å². The van der Waals surface area contributed by atoms with Crippen molar-refractivity contribution in [2.75, 3.05) is 57.9 Å². The average molecular weight is 893 g/mol. The Kier molecular flexibility index (Phi) is 12.3. The number of aromatic nitrogens is 7.